The number of halogens is 2. The Morgan fingerprint density at radius 3 is 2.71 bits per heavy atom. The number of H-pyrrole nitrogens is 1. The molecule has 0 unspecified atom stereocenters. The normalized spacial score (nSPS) is 11.8. The molecule has 0 radical (unpaired) electrons. The van der Waals surface area contributed by atoms with E-state index >= 15 is 0 Å². The average molecular weight is 203 g/mol. The van der Waals surface area contributed by atoms with E-state index in [-0.39, 0.29) is 0 Å². The van der Waals surface area contributed by atoms with Crippen LogP contribution in [0.25, 0.3) is 0 Å². The number of hydrogen-bond donors (Lipinski definition) is 2. The Morgan fingerprint density at radius 1 is 1.64 bits per heavy atom. The fraction of sp³-hybridized carbons (Fsp3) is 0.500. The molecule has 0 bridgehead atoms. The van der Waals surface area contributed by atoms with Crippen molar-refractivity contribution >= 4 is 11.6 Å². The Bertz CT molecular complexity index is 308. The maximum atomic E-state index is 12.4. The van der Waals surface area contributed by atoms with Crippen LogP contribution in [0.2, 0.25) is 0 Å². The Kier molecular flexibility index (Phi) is 2.83. The molecule has 0 aliphatic heterocycles. The van der Waals surface area contributed by atoms with E-state index in [1.165, 1.54) is 26.2 Å². The molecule has 1 aromatic heterocycles. The zero-order valence-corrected chi connectivity index (χ0v) is 7.84. The molecular weight excluding hydrogens is 192 g/mol. The monoisotopic (exact) mass is 203 g/mol. The Balaban J connectivity index is 2.67. The number of carbonyl (C=O) groups excluding carboxylic acids is 1. The molecule has 0 atom stereocenters. The molecule has 0 spiro atoms. The van der Waals surface area contributed by atoms with Crippen molar-refractivity contribution in [2.45, 2.75) is 20.3 Å². The van der Waals surface area contributed by atoms with Crippen LogP contribution >= 0.6 is 0 Å². The number of amides is 1. The number of rotatable bonds is 3. The molecule has 0 fully saturated rings. The van der Waals surface area contributed by atoms with Crippen molar-refractivity contribution in [1.29, 1.82) is 0 Å². The van der Waals surface area contributed by atoms with Gasteiger partial charge in [0, 0.05) is 6.20 Å². The van der Waals surface area contributed by atoms with Gasteiger partial charge in [0.05, 0.1) is 11.9 Å². The van der Waals surface area contributed by atoms with Crippen molar-refractivity contribution < 1.29 is 13.6 Å². The standard InChI is InChI=1S/C8H11F2N3O/c1-8(2,6(9)10)7(14)13-5-3-11-12-4-5/h3-4,6H,1-2H3,(H,11,12)(H,13,14). The molecule has 78 valence electrons. The molecule has 0 aliphatic carbocycles. The van der Waals surface area contributed by atoms with Gasteiger partial charge < -0.3 is 5.32 Å². The summed E-state index contributed by atoms with van der Waals surface area (Å²) in [7, 11) is 0. The molecule has 1 rings (SSSR count). The van der Waals surface area contributed by atoms with Gasteiger partial charge in [0.2, 0.25) is 5.91 Å². The minimum absolute atomic E-state index is 0.378. The van der Waals surface area contributed by atoms with Gasteiger partial charge in [-0.3, -0.25) is 9.89 Å². The van der Waals surface area contributed by atoms with E-state index in [0.29, 0.717) is 5.69 Å². The second kappa shape index (κ2) is 3.73. The maximum Gasteiger partial charge on any atom is 0.252 e. The number of anilines is 1. The third-order valence-electron chi connectivity index (χ3n) is 1.89. The van der Waals surface area contributed by atoms with Crippen LogP contribution in [-0.4, -0.2) is 22.5 Å². The molecule has 0 aliphatic rings. The van der Waals surface area contributed by atoms with E-state index < -0.39 is 17.7 Å². The summed E-state index contributed by atoms with van der Waals surface area (Å²) in [5.74, 6) is -0.728. The molecule has 2 N–H and O–H groups in total. The van der Waals surface area contributed by atoms with Crippen LogP contribution in [0.3, 0.4) is 0 Å². The lowest BCUT2D eigenvalue weighted by Crippen LogP contribution is -2.36. The van der Waals surface area contributed by atoms with Crippen molar-refractivity contribution in [1.82, 2.24) is 10.2 Å². The fourth-order valence-corrected chi connectivity index (χ4v) is 0.711. The summed E-state index contributed by atoms with van der Waals surface area (Å²) in [5, 5.41) is 8.37. The van der Waals surface area contributed by atoms with Crippen molar-refractivity contribution in [3.63, 3.8) is 0 Å². The van der Waals surface area contributed by atoms with Crippen molar-refractivity contribution in [2.75, 3.05) is 5.32 Å². The highest BCUT2D eigenvalue weighted by Gasteiger charge is 2.37. The van der Waals surface area contributed by atoms with Gasteiger partial charge in [-0.05, 0) is 13.8 Å². The van der Waals surface area contributed by atoms with Crippen LogP contribution < -0.4 is 5.32 Å². The quantitative estimate of drug-likeness (QED) is 0.784. The van der Waals surface area contributed by atoms with Crippen LogP contribution in [0.4, 0.5) is 14.5 Å². The number of aromatic nitrogens is 2. The van der Waals surface area contributed by atoms with Crippen molar-refractivity contribution in [2.24, 2.45) is 5.41 Å². The summed E-state index contributed by atoms with van der Waals surface area (Å²) in [5.41, 5.74) is -1.32. The molecule has 4 nitrogen and oxygen atoms in total. The van der Waals surface area contributed by atoms with Gasteiger partial charge in [0.15, 0.2) is 0 Å². The highest BCUT2D eigenvalue weighted by molar-refractivity contribution is 5.94. The molecule has 1 aromatic rings. The summed E-state index contributed by atoms with van der Waals surface area (Å²) in [6.45, 7) is 2.38. The summed E-state index contributed by atoms with van der Waals surface area (Å²) in [4.78, 5) is 11.3. The lowest BCUT2D eigenvalue weighted by molar-refractivity contribution is -0.131. The first kappa shape index (κ1) is 10.6. The predicted molar refractivity (Wildman–Crippen MR) is 47.0 cm³/mol. The lowest BCUT2D eigenvalue weighted by Gasteiger charge is -2.21. The largest absolute Gasteiger partial charge is 0.323 e. The minimum Gasteiger partial charge on any atom is -0.323 e. The van der Waals surface area contributed by atoms with Crippen LogP contribution in [0.1, 0.15) is 13.8 Å². The Labute approximate surface area is 79.7 Å². The molecule has 0 aromatic carbocycles. The molecule has 1 amide bonds. The van der Waals surface area contributed by atoms with E-state index in [1.54, 1.807) is 0 Å². The SMILES string of the molecule is CC(C)(C(=O)Nc1cn[nH]c1)C(F)F. The first-order valence-electron chi connectivity index (χ1n) is 4.03. The number of hydrogen-bond acceptors (Lipinski definition) is 2. The van der Waals surface area contributed by atoms with Crippen LogP contribution in [0, 0.1) is 5.41 Å². The predicted octanol–water partition coefficient (Wildman–Crippen LogP) is 1.64. The molecule has 0 saturated carbocycles. The molecule has 0 saturated heterocycles. The Hall–Kier alpha value is -1.46. The first-order chi connectivity index (χ1) is 6.44. The molecule has 1 heterocycles. The van der Waals surface area contributed by atoms with E-state index in [0.717, 1.165) is 0 Å². The van der Waals surface area contributed by atoms with E-state index in [4.69, 9.17) is 0 Å². The number of alkyl halides is 2. The van der Waals surface area contributed by atoms with Gasteiger partial charge in [-0.15, -0.1) is 0 Å². The second-order valence-electron chi connectivity index (χ2n) is 3.46. The zero-order valence-electron chi connectivity index (χ0n) is 7.84. The third-order valence-corrected chi connectivity index (χ3v) is 1.89. The van der Waals surface area contributed by atoms with Gasteiger partial charge in [0.25, 0.3) is 6.43 Å². The summed E-state index contributed by atoms with van der Waals surface area (Å²) in [6, 6.07) is 0. The number of carbonyl (C=O) groups is 1. The second-order valence-corrected chi connectivity index (χ2v) is 3.46. The highest BCUT2D eigenvalue weighted by atomic mass is 19.3. The van der Waals surface area contributed by atoms with E-state index in [9.17, 15) is 13.6 Å². The lowest BCUT2D eigenvalue weighted by atomic mass is 9.93. The van der Waals surface area contributed by atoms with Crippen LogP contribution in [-0.2, 0) is 4.79 Å². The number of nitrogens with one attached hydrogen (secondary N) is 2. The fourth-order valence-electron chi connectivity index (χ4n) is 0.711. The highest BCUT2D eigenvalue weighted by Crippen LogP contribution is 2.26. The summed E-state index contributed by atoms with van der Waals surface area (Å²) < 4.78 is 24.8. The zero-order chi connectivity index (χ0) is 10.8. The summed E-state index contributed by atoms with van der Waals surface area (Å²) in [6.07, 6.45) is 0.0632. The topological polar surface area (TPSA) is 57.8 Å². The Morgan fingerprint density at radius 2 is 2.29 bits per heavy atom. The van der Waals surface area contributed by atoms with Gasteiger partial charge >= 0.3 is 0 Å². The smallest absolute Gasteiger partial charge is 0.252 e. The average Bonchev–Trinajstić information content (AvgIpc) is 2.56. The third kappa shape index (κ3) is 2.07. The van der Waals surface area contributed by atoms with Crippen LogP contribution in [0.15, 0.2) is 12.4 Å². The molecule has 14 heavy (non-hydrogen) atoms. The van der Waals surface area contributed by atoms with E-state index in [2.05, 4.69) is 15.5 Å². The van der Waals surface area contributed by atoms with Gasteiger partial charge in [-0.1, -0.05) is 0 Å². The first-order valence-corrected chi connectivity index (χ1v) is 4.03. The maximum absolute atomic E-state index is 12.4. The summed E-state index contributed by atoms with van der Waals surface area (Å²) >= 11 is 0. The van der Waals surface area contributed by atoms with Crippen molar-refractivity contribution in [3.8, 4) is 0 Å². The minimum atomic E-state index is -2.70. The van der Waals surface area contributed by atoms with Crippen molar-refractivity contribution in [3.05, 3.63) is 12.4 Å². The van der Waals surface area contributed by atoms with E-state index in [1.807, 2.05) is 0 Å². The molecular formula is C8H11F2N3O. The van der Waals surface area contributed by atoms with Crippen LogP contribution in [0.5, 0.6) is 0 Å². The van der Waals surface area contributed by atoms with Gasteiger partial charge in [0.1, 0.15) is 5.41 Å². The number of nitrogens with zero attached hydrogens (tertiary/aromatic N) is 1. The molecule has 6 heteroatoms. The number of aromatic amines is 1. The van der Waals surface area contributed by atoms with Gasteiger partial charge in [-0.2, -0.15) is 5.10 Å². The van der Waals surface area contributed by atoms with Gasteiger partial charge in [-0.25, -0.2) is 8.78 Å².